The van der Waals surface area contributed by atoms with Crippen LogP contribution in [0.5, 0.6) is 5.75 Å². The highest BCUT2D eigenvalue weighted by Crippen LogP contribution is 2.28. The van der Waals surface area contributed by atoms with E-state index in [0.29, 0.717) is 6.61 Å². The quantitative estimate of drug-likeness (QED) is 0.498. The molecule has 0 bridgehead atoms. The highest BCUT2D eigenvalue weighted by molar-refractivity contribution is 7.30. The molecule has 118 valence electrons. The predicted molar refractivity (Wildman–Crippen MR) is 91.3 cm³/mol. The smallest absolute Gasteiger partial charge is 0.320 e. The van der Waals surface area contributed by atoms with Gasteiger partial charge in [0.1, 0.15) is 14.7 Å². The van der Waals surface area contributed by atoms with E-state index in [0.717, 1.165) is 16.5 Å². The highest BCUT2D eigenvalue weighted by atomic mass is 31.1. The molecule has 0 aliphatic rings. The number of carbonyl (C=O) groups is 1. The molecule has 5 heteroatoms. The highest BCUT2D eigenvalue weighted by Gasteiger charge is 2.13. The van der Waals surface area contributed by atoms with Crippen molar-refractivity contribution in [2.45, 2.75) is 20.8 Å². The number of carbonyl (C=O) groups excluding carboxylic acids is 1. The van der Waals surface area contributed by atoms with Gasteiger partial charge in [0.15, 0.2) is 0 Å². The lowest BCUT2D eigenvalue weighted by molar-refractivity contribution is -0.144. The molecule has 0 spiro atoms. The number of fused-ring (bicyclic) bond motifs is 1. The van der Waals surface area contributed by atoms with Gasteiger partial charge in [-0.25, -0.2) is 0 Å². The number of nitrogens with one attached hydrogen (secondary N) is 1. The van der Waals surface area contributed by atoms with E-state index < -0.39 is 0 Å². The second-order valence-corrected chi connectivity index (χ2v) is 7.02. The van der Waals surface area contributed by atoms with Crippen LogP contribution in [0.4, 0.5) is 0 Å². The number of benzene rings is 2. The Morgan fingerprint density at radius 2 is 1.86 bits per heavy atom. The molecule has 0 amide bonds. The molecule has 4 nitrogen and oxygen atoms in total. The van der Waals surface area contributed by atoms with Gasteiger partial charge in [-0.05, 0) is 16.9 Å². The third-order valence-electron chi connectivity index (χ3n) is 2.88. The zero-order chi connectivity index (χ0) is 16.0. The molecule has 22 heavy (non-hydrogen) atoms. The van der Waals surface area contributed by atoms with Crippen molar-refractivity contribution < 1.29 is 14.1 Å². The maximum absolute atomic E-state index is 11.6. The zero-order valence-corrected chi connectivity index (χ0v) is 14.2. The molecule has 2 aromatic rings. The summed E-state index contributed by atoms with van der Waals surface area (Å²) in [4.78, 5) is 11.6. The van der Waals surface area contributed by atoms with Gasteiger partial charge < -0.3 is 9.26 Å². The topological polar surface area (TPSA) is 47.6 Å². The number of ether oxygens (including phenoxy) is 1. The summed E-state index contributed by atoms with van der Waals surface area (Å²) in [6.07, 6.45) is 0. The molecule has 2 aromatic carbocycles. The fourth-order valence-electron chi connectivity index (χ4n) is 1.83. The number of rotatable bonds is 6. The van der Waals surface area contributed by atoms with Crippen LogP contribution in [0.1, 0.15) is 20.8 Å². The van der Waals surface area contributed by atoms with E-state index >= 15 is 0 Å². The first-order valence-electron chi connectivity index (χ1n) is 7.24. The Morgan fingerprint density at radius 3 is 2.64 bits per heavy atom. The molecule has 0 aliphatic heterocycles. The second-order valence-electron chi connectivity index (χ2n) is 6.26. The molecular formula is C17H22NO3P. The molecule has 0 fully saturated rings. The monoisotopic (exact) mass is 319 g/mol. The van der Waals surface area contributed by atoms with Gasteiger partial charge in [0.2, 0.25) is 0 Å². The minimum Gasteiger partial charge on any atom is -0.464 e. The largest absolute Gasteiger partial charge is 0.464 e. The van der Waals surface area contributed by atoms with E-state index in [1.54, 1.807) is 0 Å². The Hall–Kier alpha value is -1.64. The van der Waals surface area contributed by atoms with E-state index in [2.05, 4.69) is 5.09 Å². The van der Waals surface area contributed by atoms with E-state index in [4.69, 9.17) is 9.26 Å². The lowest BCUT2D eigenvalue weighted by atomic mass is 9.99. The van der Waals surface area contributed by atoms with Crippen LogP contribution in [0.15, 0.2) is 42.5 Å². The molecule has 2 rings (SSSR count). The SMILES string of the molecule is CC(C)(C)COC(=O)CNPOc1cccc2ccccc12. The van der Waals surface area contributed by atoms with Gasteiger partial charge in [0.05, 0.1) is 13.2 Å². The Morgan fingerprint density at radius 1 is 1.14 bits per heavy atom. The van der Waals surface area contributed by atoms with Crippen LogP contribution in [0.3, 0.4) is 0 Å². The standard InChI is InChI=1S/C17H22NO3P/c1-17(2,3)12-20-16(19)11-18-22-21-15-10-6-8-13-7-4-5-9-14(13)15/h4-10,18,22H,11-12H2,1-3H3. The molecule has 1 unspecified atom stereocenters. The van der Waals surface area contributed by atoms with Crippen LogP contribution in [-0.2, 0) is 9.53 Å². The van der Waals surface area contributed by atoms with Gasteiger partial charge in [-0.2, -0.15) is 0 Å². The molecule has 0 saturated carbocycles. The summed E-state index contributed by atoms with van der Waals surface area (Å²) in [6, 6.07) is 14.0. The van der Waals surface area contributed by atoms with Gasteiger partial charge in [0, 0.05) is 5.39 Å². The maximum atomic E-state index is 11.6. The van der Waals surface area contributed by atoms with Crippen LogP contribution in [0, 0.1) is 5.41 Å². The summed E-state index contributed by atoms with van der Waals surface area (Å²) >= 11 is 0. The Balaban J connectivity index is 1.78. The van der Waals surface area contributed by atoms with Crippen LogP contribution >= 0.6 is 8.96 Å². The predicted octanol–water partition coefficient (Wildman–Crippen LogP) is 3.91. The molecule has 0 saturated heterocycles. The van der Waals surface area contributed by atoms with Crippen molar-refractivity contribution >= 4 is 25.7 Å². The molecule has 1 atom stereocenters. The number of hydrogen-bond acceptors (Lipinski definition) is 4. The van der Waals surface area contributed by atoms with Gasteiger partial charge >= 0.3 is 5.97 Å². The van der Waals surface area contributed by atoms with Crippen molar-refractivity contribution in [1.29, 1.82) is 0 Å². The lowest BCUT2D eigenvalue weighted by Gasteiger charge is -2.17. The first-order valence-corrected chi connectivity index (χ1v) is 8.15. The fourth-order valence-corrected chi connectivity index (χ4v) is 2.41. The van der Waals surface area contributed by atoms with Crippen molar-refractivity contribution in [3.63, 3.8) is 0 Å². The van der Waals surface area contributed by atoms with Gasteiger partial charge in [-0.3, -0.25) is 9.88 Å². The summed E-state index contributed by atoms with van der Waals surface area (Å²) in [7, 11) is 0.00602. The van der Waals surface area contributed by atoms with Crippen molar-refractivity contribution in [3.8, 4) is 5.75 Å². The van der Waals surface area contributed by atoms with Gasteiger partial charge in [-0.15, -0.1) is 0 Å². The third kappa shape index (κ3) is 5.28. The van der Waals surface area contributed by atoms with Crippen LogP contribution in [0.2, 0.25) is 0 Å². The first-order chi connectivity index (χ1) is 10.5. The summed E-state index contributed by atoms with van der Waals surface area (Å²) in [5.74, 6) is 0.552. The molecule has 0 heterocycles. The average Bonchev–Trinajstić information content (AvgIpc) is 2.49. The van der Waals surface area contributed by atoms with E-state index in [1.165, 1.54) is 0 Å². The fraction of sp³-hybridized carbons (Fsp3) is 0.353. The number of hydrogen-bond donors (Lipinski definition) is 1. The van der Waals surface area contributed by atoms with E-state index in [9.17, 15) is 4.79 Å². The summed E-state index contributed by atoms with van der Waals surface area (Å²) in [5, 5.41) is 5.16. The molecule has 0 radical (unpaired) electrons. The minimum atomic E-state index is -0.260. The molecule has 0 aliphatic carbocycles. The van der Waals surface area contributed by atoms with Crippen molar-refractivity contribution in [2.24, 2.45) is 5.41 Å². The average molecular weight is 319 g/mol. The van der Waals surface area contributed by atoms with Gasteiger partial charge in [0.25, 0.3) is 0 Å². The Labute approximate surface area is 133 Å². The summed E-state index contributed by atoms with van der Waals surface area (Å²) in [5.41, 5.74) is -0.0165. The molecule has 1 N–H and O–H groups in total. The molecular weight excluding hydrogens is 297 g/mol. The van der Waals surface area contributed by atoms with Crippen LogP contribution < -0.4 is 9.61 Å². The third-order valence-corrected chi connectivity index (χ3v) is 3.52. The first kappa shape index (κ1) is 16.7. The Bertz CT molecular complexity index is 632. The van der Waals surface area contributed by atoms with E-state index in [-0.39, 0.29) is 26.9 Å². The normalized spacial score (nSPS) is 12.0. The van der Waals surface area contributed by atoms with E-state index in [1.807, 2.05) is 63.2 Å². The maximum Gasteiger partial charge on any atom is 0.320 e. The molecule has 0 aromatic heterocycles. The summed E-state index contributed by atoms with van der Waals surface area (Å²) < 4.78 is 10.9. The van der Waals surface area contributed by atoms with Crippen molar-refractivity contribution in [1.82, 2.24) is 5.09 Å². The van der Waals surface area contributed by atoms with Crippen LogP contribution in [0.25, 0.3) is 10.8 Å². The Kier molecular flexibility index (Phi) is 5.76. The van der Waals surface area contributed by atoms with Gasteiger partial charge in [-0.1, -0.05) is 57.2 Å². The van der Waals surface area contributed by atoms with Crippen LogP contribution in [-0.4, -0.2) is 19.1 Å². The number of esters is 1. The van der Waals surface area contributed by atoms with Crippen molar-refractivity contribution in [3.05, 3.63) is 42.5 Å². The summed E-state index contributed by atoms with van der Waals surface area (Å²) in [6.45, 7) is 6.65. The van der Waals surface area contributed by atoms with Crippen molar-refractivity contribution in [2.75, 3.05) is 13.2 Å². The minimum absolute atomic E-state index is 0.00602. The zero-order valence-electron chi connectivity index (χ0n) is 13.2. The lowest BCUT2D eigenvalue weighted by Crippen LogP contribution is -2.24. The second kappa shape index (κ2) is 7.57.